The van der Waals surface area contributed by atoms with Crippen LogP contribution >= 0.6 is 11.8 Å². The van der Waals surface area contributed by atoms with Crippen LogP contribution < -0.4 is 10.6 Å². The van der Waals surface area contributed by atoms with Gasteiger partial charge in [-0.25, -0.2) is 4.98 Å². The van der Waals surface area contributed by atoms with Gasteiger partial charge in [0.2, 0.25) is 5.91 Å². The fourth-order valence-electron chi connectivity index (χ4n) is 2.17. The van der Waals surface area contributed by atoms with Crippen molar-refractivity contribution < 1.29 is 9.59 Å². The van der Waals surface area contributed by atoms with Crippen molar-refractivity contribution in [3.05, 3.63) is 53.2 Å². The summed E-state index contributed by atoms with van der Waals surface area (Å²) in [6.07, 6.45) is 1.68. The number of aryl methyl sites for hydroxylation is 2. The Labute approximate surface area is 146 Å². The second-order valence-electron chi connectivity index (χ2n) is 5.47. The van der Waals surface area contributed by atoms with Gasteiger partial charge in [0, 0.05) is 31.1 Å². The molecule has 0 spiro atoms. The van der Waals surface area contributed by atoms with Crippen molar-refractivity contribution in [3.63, 3.8) is 0 Å². The molecule has 0 fully saturated rings. The zero-order chi connectivity index (χ0) is 17.5. The molecule has 6 heteroatoms. The molecule has 0 aliphatic rings. The van der Waals surface area contributed by atoms with Gasteiger partial charge in [-0.05, 0) is 37.6 Å². The number of hydrogen-bond donors (Lipinski definition) is 2. The molecule has 1 heterocycles. The molecule has 0 saturated heterocycles. The summed E-state index contributed by atoms with van der Waals surface area (Å²) in [5.41, 5.74) is 2.89. The molecule has 0 saturated carbocycles. The normalized spacial score (nSPS) is 10.3. The number of amides is 2. The molecular formula is C18H21N3O2S. The quantitative estimate of drug-likeness (QED) is 0.791. The van der Waals surface area contributed by atoms with Crippen LogP contribution in [0.4, 0.5) is 0 Å². The van der Waals surface area contributed by atoms with E-state index in [4.69, 9.17) is 0 Å². The molecule has 0 aliphatic heterocycles. The predicted octanol–water partition coefficient (Wildman–Crippen LogP) is 2.72. The topological polar surface area (TPSA) is 71.1 Å². The third-order valence-corrected chi connectivity index (χ3v) is 4.53. The van der Waals surface area contributed by atoms with Gasteiger partial charge >= 0.3 is 0 Å². The number of carbonyl (C=O) groups excluding carboxylic acids is 2. The van der Waals surface area contributed by atoms with Crippen LogP contribution in [0.25, 0.3) is 0 Å². The Balaban J connectivity index is 2.09. The van der Waals surface area contributed by atoms with Crippen molar-refractivity contribution in [1.29, 1.82) is 0 Å². The van der Waals surface area contributed by atoms with E-state index in [2.05, 4.69) is 28.6 Å². The summed E-state index contributed by atoms with van der Waals surface area (Å²) in [6.45, 7) is 6.32. The molecule has 1 aromatic carbocycles. The first kappa shape index (κ1) is 18.0. The fraction of sp³-hybridized carbons (Fsp3) is 0.278. The Kier molecular flexibility index (Phi) is 6.37. The van der Waals surface area contributed by atoms with Gasteiger partial charge < -0.3 is 10.6 Å². The highest BCUT2D eigenvalue weighted by molar-refractivity contribution is 7.99. The molecule has 2 aromatic rings. The molecule has 24 heavy (non-hydrogen) atoms. The van der Waals surface area contributed by atoms with Crippen LogP contribution in [0, 0.1) is 13.8 Å². The maximum absolute atomic E-state index is 12.4. The van der Waals surface area contributed by atoms with E-state index in [0.29, 0.717) is 23.7 Å². The first-order valence-corrected chi connectivity index (χ1v) is 8.52. The predicted molar refractivity (Wildman–Crippen MR) is 95.3 cm³/mol. The Hall–Kier alpha value is -2.34. The van der Waals surface area contributed by atoms with Gasteiger partial charge in [0.05, 0.1) is 5.56 Å². The van der Waals surface area contributed by atoms with Gasteiger partial charge in [-0.15, -0.1) is 0 Å². The molecule has 0 atom stereocenters. The van der Waals surface area contributed by atoms with Gasteiger partial charge in [0.25, 0.3) is 5.91 Å². The first-order chi connectivity index (χ1) is 11.5. The van der Waals surface area contributed by atoms with E-state index in [1.165, 1.54) is 24.2 Å². The molecule has 2 N–H and O–H groups in total. The molecule has 0 aliphatic carbocycles. The van der Waals surface area contributed by atoms with E-state index < -0.39 is 0 Å². The van der Waals surface area contributed by atoms with E-state index in [9.17, 15) is 9.59 Å². The zero-order valence-corrected chi connectivity index (χ0v) is 14.9. The lowest BCUT2D eigenvalue weighted by Gasteiger charge is -2.11. The van der Waals surface area contributed by atoms with Gasteiger partial charge in [0.1, 0.15) is 5.03 Å². The monoisotopic (exact) mass is 343 g/mol. The van der Waals surface area contributed by atoms with Crippen molar-refractivity contribution in [3.8, 4) is 0 Å². The summed E-state index contributed by atoms with van der Waals surface area (Å²) in [5, 5.41) is 6.11. The smallest absolute Gasteiger partial charge is 0.254 e. The van der Waals surface area contributed by atoms with Crippen molar-refractivity contribution >= 4 is 23.6 Å². The van der Waals surface area contributed by atoms with Gasteiger partial charge in [-0.3, -0.25) is 9.59 Å². The number of nitrogens with one attached hydrogen (secondary N) is 2. The molecule has 0 unspecified atom stereocenters. The highest BCUT2D eigenvalue weighted by Gasteiger charge is 2.14. The lowest BCUT2D eigenvalue weighted by molar-refractivity contribution is -0.118. The van der Waals surface area contributed by atoms with Crippen LogP contribution in [0.2, 0.25) is 0 Å². The standard InChI is InChI=1S/C18H21N3O2S/c1-12-6-7-16(13(2)11-12)24-18-15(5-4-8-21-18)17(23)20-10-9-19-14(3)22/h4-8,11H,9-10H2,1-3H3,(H,19,22)(H,20,23). The Morgan fingerprint density at radius 1 is 1.12 bits per heavy atom. The maximum atomic E-state index is 12.4. The molecule has 0 bridgehead atoms. The molecule has 2 rings (SSSR count). The van der Waals surface area contributed by atoms with Crippen LogP contribution in [0.15, 0.2) is 46.5 Å². The second-order valence-corrected chi connectivity index (χ2v) is 6.50. The molecule has 1 aromatic heterocycles. The fourth-order valence-corrected chi connectivity index (χ4v) is 3.12. The molecule has 0 radical (unpaired) electrons. The van der Waals surface area contributed by atoms with Crippen molar-refractivity contribution in [2.75, 3.05) is 13.1 Å². The molecule has 2 amide bonds. The highest BCUT2D eigenvalue weighted by atomic mass is 32.2. The van der Waals surface area contributed by atoms with Crippen LogP contribution in [0.5, 0.6) is 0 Å². The number of pyridine rings is 1. The van der Waals surface area contributed by atoms with Crippen LogP contribution in [-0.2, 0) is 4.79 Å². The van der Waals surface area contributed by atoms with E-state index in [-0.39, 0.29) is 11.8 Å². The number of hydrogen-bond acceptors (Lipinski definition) is 4. The SMILES string of the molecule is CC(=O)NCCNC(=O)c1cccnc1Sc1ccc(C)cc1C. The average Bonchev–Trinajstić information content (AvgIpc) is 2.54. The zero-order valence-electron chi connectivity index (χ0n) is 14.1. The summed E-state index contributed by atoms with van der Waals surface area (Å²) in [7, 11) is 0. The maximum Gasteiger partial charge on any atom is 0.254 e. The van der Waals surface area contributed by atoms with Gasteiger partial charge in [-0.2, -0.15) is 0 Å². The second kappa shape index (κ2) is 8.49. The van der Waals surface area contributed by atoms with E-state index >= 15 is 0 Å². The minimum Gasteiger partial charge on any atom is -0.355 e. The Morgan fingerprint density at radius 2 is 1.88 bits per heavy atom. The summed E-state index contributed by atoms with van der Waals surface area (Å²) in [4.78, 5) is 28.6. The lowest BCUT2D eigenvalue weighted by Crippen LogP contribution is -2.33. The van der Waals surface area contributed by atoms with Crippen molar-refractivity contribution in [1.82, 2.24) is 15.6 Å². The van der Waals surface area contributed by atoms with Crippen LogP contribution in [0.1, 0.15) is 28.4 Å². The summed E-state index contributed by atoms with van der Waals surface area (Å²) >= 11 is 1.48. The molecular weight excluding hydrogens is 322 g/mol. The lowest BCUT2D eigenvalue weighted by atomic mass is 10.2. The van der Waals surface area contributed by atoms with Crippen molar-refractivity contribution in [2.24, 2.45) is 0 Å². The van der Waals surface area contributed by atoms with Gasteiger partial charge in [0.15, 0.2) is 0 Å². The number of benzene rings is 1. The van der Waals surface area contributed by atoms with Gasteiger partial charge in [-0.1, -0.05) is 29.5 Å². The number of nitrogens with zero attached hydrogens (tertiary/aromatic N) is 1. The summed E-state index contributed by atoms with van der Waals surface area (Å²) < 4.78 is 0. The van der Waals surface area contributed by atoms with Crippen molar-refractivity contribution in [2.45, 2.75) is 30.7 Å². The third-order valence-electron chi connectivity index (χ3n) is 3.34. The minimum atomic E-state index is -0.194. The number of aromatic nitrogens is 1. The number of rotatable bonds is 6. The van der Waals surface area contributed by atoms with Crippen LogP contribution in [0.3, 0.4) is 0 Å². The molecule has 126 valence electrons. The minimum absolute atomic E-state index is 0.114. The summed E-state index contributed by atoms with van der Waals surface area (Å²) in [5.74, 6) is -0.308. The average molecular weight is 343 g/mol. The Morgan fingerprint density at radius 3 is 2.58 bits per heavy atom. The van der Waals surface area contributed by atoms with E-state index in [0.717, 1.165) is 10.5 Å². The summed E-state index contributed by atoms with van der Waals surface area (Å²) in [6, 6.07) is 9.70. The number of carbonyl (C=O) groups is 2. The third kappa shape index (κ3) is 5.09. The highest BCUT2D eigenvalue weighted by Crippen LogP contribution is 2.31. The molecule has 5 nitrogen and oxygen atoms in total. The Bertz CT molecular complexity index is 747. The van der Waals surface area contributed by atoms with E-state index in [1.54, 1.807) is 18.3 Å². The first-order valence-electron chi connectivity index (χ1n) is 7.70. The van der Waals surface area contributed by atoms with E-state index in [1.807, 2.05) is 19.1 Å². The van der Waals surface area contributed by atoms with Crippen LogP contribution in [-0.4, -0.2) is 29.9 Å². The largest absolute Gasteiger partial charge is 0.355 e.